The first-order valence-corrected chi connectivity index (χ1v) is 11.9. The number of imide groups is 1. The van der Waals surface area contributed by atoms with Crippen LogP contribution in [-0.2, 0) is 9.59 Å². The Bertz CT molecular complexity index is 1180. The zero-order valence-corrected chi connectivity index (χ0v) is 19.4. The molecule has 2 aromatic carbocycles. The SMILES string of the molecule is Cc1cc(NC(=O)c2ccc(N3C(=O)[C@@H]4[C@H]5C=C[C@@H]([C@@H]6C[C@@H]56)[C@@H]4C3=O)cc2)c(C)cc1Br. The van der Waals surface area contributed by atoms with E-state index in [0.29, 0.717) is 23.1 Å². The molecule has 1 aliphatic heterocycles. The Morgan fingerprint density at radius 1 is 0.938 bits per heavy atom. The van der Waals surface area contributed by atoms with E-state index in [0.717, 1.165) is 27.7 Å². The molecule has 3 amide bonds. The first-order valence-electron chi connectivity index (χ1n) is 11.1. The summed E-state index contributed by atoms with van der Waals surface area (Å²) >= 11 is 3.50. The van der Waals surface area contributed by atoms with E-state index in [2.05, 4.69) is 33.4 Å². The van der Waals surface area contributed by atoms with Crippen LogP contribution in [0.15, 0.2) is 53.0 Å². The fourth-order valence-electron chi connectivity index (χ4n) is 6.08. The third-order valence-electron chi connectivity index (χ3n) is 7.80. The molecule has 0 spiro atoms. The Morgan fingerprint density at radius 2 is 1.53 bits per heavy atom. The average Bonchev–Trinajstić information content (AvgIpc) is 3.55. The molecule has 2 saturated carbocycles. The summed E-state index contributed by atoms with van der Waals surface area (Å²) in [5.74, 6) is 0.764. The highest BCUT2D eigenvalue weighted by molar-refractivity contribution is 9.10. The van der Waals surface area contributed by atoms with Crippen molar-refractivity contribution in [2.24, 2.45) is 35.5 Å². The Morgan fingerprint density at radius 3 is 2.12 bits per heavy atom. The maximum Gasteiger partial charge on any atom is 0.255 e. The number of allylic oxidation sites excluding steroid dienone is 2. The normalized spacial score (nSPS) is 31.5. The summed E-state index contributed by atoms with van der Waals surface area (Å²) in [5.41, 5.74) is 3.79. The van der Waals surface area contributed by atoms with Gasteiger partial charge in [0.15, 0.2) is 0 Å². The molecule has 5 aliphatic rings. The van der Waals surface area contributed by atoms with Gasteiger partial charge >= 0.3 is 0 Å². The van der Waals surface area contributed by atoms with E-state index in [1.165, 1.54) is 4.90 Å². The molecule has 2 bridgehead atoms. The lowest BCUT2D eigenvalue weighted by molar-refractivity contribution is -0.124. The molecule has 3 fully saturated rings. The number of halogens is 1. The number of hydrogen-bond acceptors (Lipinski definition) is 3. The van der Waals surface area contributed by atoms with Crippen molar-refractivity contribution >= 4 is 45.0 Å². The summed E-state index contributed by atoms with van der Waals surface area (Å²) in [6.45, 7) is 3.92. The average molecular weight is 491 g/mol. The molecule has 1 heterocycles. The first-order chi connectivity index (χ1) is 15.3. The van der Waals surface area contributed by atoms with Crippen molar-refractivity contribution in [1.29, 1.82) is 0 Å². The number of benzene rings is 2. The molecule has 162 valence electrons. The van der Waals surface area contributed by atoms with Gasteiger partial charge in [-0.05, 0) is 91.5 Å². The van der Waals surface area contributed by atoms with Crippen molar-refractivity contribution < 1.29 is 14.4 Å². The van der Waals surface area contributed by atoms with Gasteiger partial charge in [0.25, 0.3) is 5.91 Å². The van der Waals surface area contributed by atoms with Gasteiger partial charge < -0.3 is 5.32 Å². The summed E-state index contributed by atoms with van der Waals surface area (Å²) in [5, 5.41) is 2.96. The second kappa shape index (κ2) is 6.88. The van der Waals surface area contributed by atoms with Crippen LogP contribution in [0.5, 0.6) is 0 Å². The highest BCUT2D eigenvalue weighted by Crippen LogP contribution is 2.65. The van der Waals surface area contributed by atoms with E-state index < -0.39 is 0 Å². The van der Waals surface area contributed by atoms with Crippen molar-refractivity contribution in [2.75, 3.05) is 10.2 Å². The van der Waals surface area contributed by atoms with Gasteiger partial charge in [-0.15, -0.1) is 0 Å². The van der Waals surface area contributed by atoms with Crippen molar-refractivity contribution in [3.63, 3.8) is 0 Å². The van der Waals surface area contributed by atoms with E-state index in [9.17, 15) is 14.4 Å². The predicted molar refractivity (Wildman–Crippen MR) is 125 cm³/mol. The van der Waals surface area contributed by atoms with Crippen LogP contribution in [0.2, 0.25) is 0 Å². The summed E-state index contributed by atoms with van der Waals surface area (Å²) < 4.78 is 0.999. The van der Waals surface area contributed by atoms with Gasteiger partial charge in [-0.2, -0.15) is 0 Å². The van der Waals surface area contributed by atoms with E-state index in [4.69, 9.17) is 0 Å². The van der Waals surface area contributed by atoms with Crippen LogP contribution >= 0.6 is 15.9 Å². The zero-order chi connectivity index (χ0) is 22.3. The molecule has 2 aromatic rings. The molecule has 6 atom stereocenters. The van der Waals surface area contributed by atoms with Gasteiger partial charge in [0.05, 0.1) is 17.5 Å². The van der Waals surface area contributed by atoms with E-state index in [-0.39, 0.29) is 41.4 Å². The minimum atomic E-state index is -0.226. The molecular weight excluding hydrogens is 468 g/mol. The Hall–Kier alpha value is -2.73. The molecule has 7 rings (SSSR count). The number of rotatable bonds is 3. The minimum absolute atomic E-state index is 0.0807. The van der Waals surface area contributed by atoms with Gasteiger partial charge in [-0.25, -0.2) is 0 Å². The van der Waals surface area contributed by atoms with E-state index in [1.54, 1.807) is 24.3 Å². The van der Waals surface area contributed by atoms with Crippen LogP contribution in [0.1, 0.15) is 27.9 Å². The highest BCUT2D eigenvalue weighted by atomic mass is 79.9. The smallest absolute Gasteiger partial charge is 0.255 e. The Labute approximate surface area is 195 Å². The minimum Gasteiger partial charge on any atom is -0.322 e. The van der Waals surface area contributed by atoms with Gasteiger partial charge in [0, 0.05) is 15.7 Å². The number of nitrogens with one attached hydrogen (secondary N) is 1. The van der Waals surface area contributed by atoms with Crippen LogP contribution in [0.4, 0.5) is 11.4 Å². The quantitative estimate of drug-likeness (QED) is 0.492. The third-order valence-corrected chi connectivity index (χ3v) is 8.66. The maximum atomic E-state index is 13.2. The summed E-state index contributed by atoms with van der Waals surface area (Å²) in [6.07, 6.45) is 5.50. The number of anilines is 2. The van der Waals surface area contributed by atoms with Crippen molar-refractivity contribution in [3.05, 3.63) is 69.7 Å². The number of nitrogens with zero attached hydrogens (tertiary/aromatic N) is 1. The fraction of sp³-hybridized carbons (Fsp3) is 0.346. The Kier molecular flexibility index (Phi) is 4.28. The predicted octanol–water partition coefficient (Wildman–Crippen LogP) is 4.88. The standard InChI is InChI=1S/C26H23BrN2O3/c1-12-10-21(13(2)9-20(12)27)28-24(30)14-3-5-15(6-4-14)29-25(31)22-16-7-8-17(19-11-18(16)19)23(22)26(29)32/h3-10,16-19,22-23H,11H2,1-2H3,(H,28,30)/t16-,17-,18-,19-,22-,23+/m0/s1. The van der Waals surface area contributed by atoms with Crippen LogP contribution in [0, 0.1) is 49.4 Å². The zero-order valence-electron chi connectivity index (χ0n) is 17.8. The van der Waals surface area contributed by atoms with Crippen molar-refractivity contribution in [3.8, 4) is 0 Å². The molecule has 32 heavy (non-hydrogen) atoms. The number of carbonyl (C=O) groups is 3. The van der Waals surface area contributed by atoms with Crippen LogP contribution < -0.4 is 10.2 Å². The molecule has 4 aliphatic carbocycles. The number of aryl methyl sites for hydroxylation is 2. The molecule has 6 heteroatoms. The third kappa shape index (κ3) is 2.78. The molecule has 0 radical (unpaired) electrons. The Balaban J connectivity index is 1.23. The molecule has 0 aromatic heterocycles. The van der Waals surface area contributed by atoms with Crippen LogP contribution in [0.3, 0.4) is 0 Å². The van der Waals surface area contributed by atoms with E-state index in [1.807, 2.05) is 26.0 Å². The summed E-state index contributed by atoms with van der Waals surface area (Å²) in [4.78, 5) is 40.6. The van der Waals surface area contributed by atoms with Gasteiger partial charge in [0.1, 0.15) is 0 Å². The van der Waals surface area contributed by atoms with Crippen molar-refractivity contribution in [2.45, 2.75) is 20.3 Å². The van der Waals surface area contributed by atoms with Gasteiger partial charge in [-0.3, -0.25) is 19.3 Å². The lowest BCUT2D eigenvalue weighted by Crippen LogP contribution is -2.40. The second-order valence-electron chi connectivity index (χ2n) is 9.58. The number of carbonyl (C=O) groups excluding carboxylic acids is 3. The van der Waals surface area contributed by atoms with Crippen molar-refractivity contribution in [1.82, 2.24) is 0 Å². The number of hydrogen-bond donors (Lipinski definition) is 1. The highest BCUT2D eigenvalue weighted by Gasteiger charge is 2.67. The van der Waals surface area contributed by atoms with Crippen LogP contribution in [-0.4, -0.2) is 17.7 Å². The lowest BCUT2D eigenvalue weighted by Gasteiger charge is -2.37. The fourth-order valence-corrected chi connectivity index (χ4v) is 6.54. The maximum absolute atomic E-state index is 13.2. The molecule has 5 nitrogen and oxygen atoms in total. The molecule has 1 N–H and O–H groups in total. The van der Waals surface area contributed by atoms with Gasteiger partial charge in [-0.1, -0.05) is 28.1 Å². The monoisotopic (exact) mass is 490 g/mol. The largest absolute Gasteiger partial charge is 0.322 e. The molecule has 1 saturated heterocycles. The number of amides is 3. The molecule has 0 unspecified atom stereocenters. The first kappa shape index (κ1) is 19.9. The topological polar surface area (TPSA) is 66.5 Å². The summed E-state index contributed by atoms with van der Waals surface area (Å²) in [7, 11) is 0. The van der Waals surface area contributed by atoms with E-state index >= 15 is 0 Å². The lowest BCUT2D eigenvalue weighted by atomic mass is 9.63. The molecular formula is C26H23BrN2O3. The van der Waals surface area contributed by atoms with Crippen LogP contribution in [0.25, 0.3) is 0 Å². The second-order valence-corrected chi connectivity index (χ2v) is 10.4. The van der Waals surface area contributed by atoms with Gasteiger partial charge in [0.2, 0.25) is 11.8 Å². The summed E-state index contributed by atoms with van der Waals surface area (Å²) in [6, 6.07) is 10.7.